The van der Waals surface area contributed by atoms with Crippen molar-refractivity contribution in [3.8, 4) is 5.13 Å². The lowest BCUT2D eigenvalue weighted by molar-refractivity contribution is 0.0954. The molecule has 2 N–H and O–H groups in total. The van der Waals surface area contributed by atoms with E-state index in [0.29, 0.717) is 39.3 Å². The Morgan fingerprint density at radius 2 is 1.81 bits per heavy atom. The molecule has 8 heteroatoms. The second kappa shape index (κ2) is 8.91. The lowest BCUT2D eigenvalue weighted by Crippen LogP contribution is -2.22. The summed E-state index contributed by atoms with van der Waals surface area (Å²) in [5.41, 5.74) is 3.85. The number of carbonyl (C=O) groups excluding carboxylic acids is 1. The maximum atomic E-state index is 13.0. The van der Waals surface area contributed by atoms with Crippen molar-refractivity contribution < 1.29 is 4.79 Å². The third-order valence-electron chi connectivity index (χ3n) is 4.97. The molecule has 1 amide bonds. The molecule has 0 fully saturated rings. The quantitative estimate of drug-likeness (QED) is 0.454. The Labute approximate surface area is 188 Å². The molecule has 0 bridgehead atoms. The van der Waals surface area contributed by atoms with Gasteiger partial charge >= 0.3 is 0 Å². The van der Waals surface area contributed by atoms with E-state index in [1.165, 1.54) is 16.0 Å². The smallest absolute Gasteiger partial charge is 0.277 e. The second-order valence-corrected chi connectivity index (χ2v) is 8.65. The van der Waals surface area contributed by atoms with Crippen molar-refractivity contribution in [2.45, 2.75) is 26.8 Å². The minimum absolute atomic E-state index is 0.169. The van der Waals surface area contributed by atoms with Crippen LogP contribution in [0.25, 0.3) is 5.13 Å². The van der Waals surface area contributed by atoms with Crippen LogP contribution in [-0.4, -0.2) is 20.7 Å². The van der Waals surface area contributed by atoms with Crippen molar-refractivity contribution in [3.05, 3.63) is 103 Å². The van der Waals surface area contributed by atoms with Gasteiger partial charge in [0.15, 0.2) is 0 Å². The van der Waals surface area contributed by atoms with Gasteiger partial charge in [-0.3, -0.25) is 14.7 Å². The Hall–Kier alpha value is -3.16. The lowest BCUT2D eigenvalue weighted by atomic mass is 10.1. The van der Waals surface area contributed by atoms with Gasteiger partial charge in [0, 0.05) is 29.2 Å². The normalized spacial score (nSPS) is 10.9. The number of halogens is 1. The van der Waals surface area contributed by atoms with E-state index in [4.69, 9.17) is 11.6 Å². The van der Waals surface area contributed by atoms with Gasteiger partial charge in [-0.05, 0) is 37.1 Å². The number of hydrogen-bond acceptors (Lipinski definition) is 4. The van der Waals surface area contributed by atoms with Crippen LogP contribution in [0, 0.1) is 13.8 Å². The summed E-state index contributed by atoms with van der Waals surface area (Å²) in [6.07, 6.45) is 0.486. The SMILES string of the molecule is Cc1nc(-n2[nH]c(C)c(Cc3ccc(Cl)cc3)c2=O)sc1C(=O)NCc1ccccc1. The first-order chi connectivity index (χ1) is 14.9. The van der Waals surface area contributed by atoms with Crippen molar-refractivity contribution in [2.24, 2.45) is 0 Å². The van der Waals surface area contributed by atoms with Gasteiger partial charge in [-0.25, -0.2) is 4.98 Å². The Morgan fingerprint density at radius 1 is 1.10 bits per heavy atom. The Bertz CT molecular complexity index is 1270. The van der Waals surface area contributed by atoms with Crippen LogP contribution in [0.2, 0.25) is 5.02 Å². The van der Waals surface area contributed by atoms with E-state index in [1.807, 2.05) is 61.5 Å². The molecule has 2 aromatic carbocycles. The van der Waals surface area contributed by atoms with Crippen LogP contribution in [-0.2, 0) is 13.0 Å². The highest BCUT2D eigenvalue weighted by Crippen LogP contribution is 2.21. The molecule has 4 rings (SSSR count). The molecule has 6 nitrogen and oxygen atoms in total. The van der Waals surface area contributed by atoms with Gasteiger partial charge in [0.25, 0.3) is 11.5 Å². The number of nitrogens with zero attached hydrogens (tertiary/aromatic N) is 2. The van der Waals surface area contributed by atoms with Gasteiger partial charge < -0.3 is 5.32 Å². The molecule has 0 spiro atoms. The van der Waals surface area contributed by atoms with Crippen molar-refractivity contribution in [2.75, 3.05) is 0 Å². The van der Waals surface area contributed by atoms with Gasteiger partial charge in [0.1, 0.15) is 4.88 Å². The molecule has 0 aliphatic carbocycles. The fourth-order valence-electron chi connectivity index (χ4n) is 3.28. The van der Waals surface area contributed by atoms with E-state index in [1.54, 1.807) is 6.92 Å². The molecular weight excluding hydrogens is 432 g/mol. The summed E-state index contributed by atoms with van der Waals surface area (Å²) < 4.78 is 1.41. The van der Waals surface area contributed by atoms with Crippen molar-refractivity contribution in [3.63, 3.8) is 0 Å². The third kappa shape index (κ3) is 4.62. The highest BCUT2D eigenvalue weighted by Gasteiger charge is 2.20. The standard InChI is InChI=1S/C23H21ClN4O2S/c1-14-19(12-16-8-10-18(24)11-9-16)22(30)28(27-14)23-26-15(2)20(31-23)21(29)25-13-17-6-4-3-5-7-17/h3-11,27H,12-13H2,1-2H3,(H,25,29). The first-order valence-electron chi connectivity index (χ1n) is 9.77. The summed E-state index contributed by atoms with van der Waals surface area (Å²) in [5, 5.41) is 7.10. The number of aryl methyl sites for hydroxylation is 2. The van der Waals surface area contributed by atoms with Gasteiger partial charge in [0.05, 0.1) is 5.69 Å². The fourth-order valence-corrected chi connectivity index (χ4v) is 4.35. The average molecular weight is 453 g/mol. The predicted molar refractivity (Wildman–Crippen MR) is 123 cm³/mol. The van der Waals surface area contributed by atoms with Gasteiger partial charge in [0.2, 0.25) is 5.13 Å². The number of benzene rings is 2. The van der Waals surface area contributed by atoms with E-state index in [0.717, 1.165) is 16.8 Å². The fraction of sp³-hybridized carbons (Fsp3) is 0.174. The topological polar surface area (TPSA) is 79.8 Å². The molecule has 0 aliphatic rings. The molecule has 4 aromatic rings. The Balaban J connectivity index is 1.56. The van der Waals surface area contributed by atoms with Crippen molar-refractivity contribution in [1.29, 1.82) is 0 Å². The van der Waals surface area contributed by atoms with E-state index in [-0.39, 0.29) is 11.5 Å². The first-order valence-corrected chi connectivity index (χ1v) is 11.0. The number of aromatic nitrogens is 3. The van der Waals surface area contributed by atoms with Crippen LogP contribution >= 0.6 is 22.9 Å². The number of carbonyl (C=O) groups is 1. The molecule has 0 aliphatic heterocycles. The minimum atomic E-state index is -0.206. The van der Waals surface area contributed by atoms with Crippen LogP contribution in [0.15, 0.2) is 59.4 Å². The molecule has 31 heavy (non-hydrogen) atoms. The van der Waals surface area contributed by atoms with Crippen molar-refractivity contribution >= 4 is 28.8 Å². The number of H-pyrrole nitrogens is 1. The summed E-state index contributed by atoms with van der Waals surface area (Å²) >= 11 is 7.14. The summed E-state index contributed by atoms with van der Waals surface area (Å²) in [6, 6.07) is 17.1. The van der Waals surface area contributed by atoms with Gasteiger partial charge in [-0.15, -0.1) is 0 Å². The number of hydrogen-bond donors (Lipinski definition) is 2. The Morgan fingerprint density at radius 3 is 2.52 bits per heavy atom. The van der Waals surface area contributed by atoms with Gasteiger partial charge in [-0.2, -0.15) is 4.68 Å². The zero-order chi connectivity index (χ0) is 22.0. The number of nitrogens with one attached hydrogen (secondary N) is 2. The second-order valence-electron chi connectivity index (χ2n) is 7.24. The molecular formula is C23H21ClN4O2S. The van der Waals surface area contributed by atoms with E-state index in [2.05, 4.69) is 15.4 Å². The highest BCUT2D eigenvalue weighted by molar-refractivity contribution is 7.16. The molecule has 0 saturated heterocycles. The van der Waals surface area contributed by atoms with Crippen LogP contribution in [0.4, 0.5) is 0 Å². The number of aromatic amines is 1. The molecule has 0 unspecified atom stereocenters. The molecule has 0 saturated carbocycles. The van der Waals surface area contributed by atoms with Crippen LogP contribution in [0.5, 0.6) is 0 Å². The van der Waals surface area contributed by atoms with Crippen molar-refractivity contribution in [1.82, 2.24) is 20.1 Å². The molecule has 158 valence electrons. The molecule has 2 heterocycles. The largest absolute Gasteiger partial charge is 0.347 e. The first kappa shape index (κ1) is 21.1. The lowest BCUT2D eigenvalue weighted by Gasteiger charge is -2.03. The monoisotopic (exact) mass is 452 g/mol. The summed E-state index contributed by atoms with van der Waals surface area (Å²) in [7, 11) is 0. The molecule has 2 aromatic heterocycles. The summed E-state index contributed by atoms with van der Waals surface area (Å²) in [6.45, 7) is 4.06. The minimum Gasteiger partial charge on any atom is -0.347 e. The highest BCUT2D eigenvalue weighted by atomic mass is 35.5. The molecule has 0 atom stereocenters. The van der Waals surface area contributed by atoms with E-state index < -0.39 is 0 Å². The predicted octanol–water partition coefficient (Wildman–Crippen LogP) is 4.41. The number of thiazole rings is 1. The maximum absolute atomic E-state index is 13.0. The van der Waals surface area contributed by atoms with Crippen LogP contribution in [0.3, 0.4) is 0 Å². The summed E-state index contributed by atoms with van der Waals surface area (Å²) in [4.78, 5) is 30.6. The zero-order valence-corrected chi connectivity index (χ0v) is 18.7. The average Bonchev–Trinajstić information content (AvgIpc) is 3.29. The van der Waals surface area contributed by atoms with E-state index >= 15 is 0 Å². The van der Waals surface area contributed by atoms with Crippen LogP contribution < -0.4 is 10.9 Å². The number of rotatable bonds is 6. The van der Waals surface area contributed by atoms with Crippen LogP contribution in [0.1, 0.15) is 37.7 Å². The van der Waals surface area contributed by atoms with Gasteiger partial charge in [-0.1, -0.05) is 65.4 Å². The zero-order valence-electron chi connectivity index (χ0n) is 17.1. The number of amides is 1. The van der Waals surface area contributed by atoms with E-state index in [9.17, 15) is 9.59 Å². The molecule has 0 radical (unpaired) electrons. The summed E-state index contributed by atoms with van der Waals surface area (Å²) in [5.74, 6) is -0.206. The Kier molecular flexibility index (Phi) is 6.06. The maximum Gasteiger partial charge on any atom is 0.277 e. The third-order valence-corrected chi connectivity index (χ3v) is 6.36.